The molecule has 6 heteroatoms. The first-order valence-corrected chi connectivity index (χ1v) is 5.96. The summed E-state index contributed by atoms with van der Waals surface area (Å²) in [4.78, 5) is 8.10. The first-order chi connectivity index (χ1) is 9.33. The summed E-state index contributed by atoms with van der Waals surface area (Å²) in [6.07, 6.45) is 1.62. The molecule has 0 radical (unpaired) electrons. The third kappa shape index (κ3) is 3.56. The number of aromatic nitrogens is 2. The van der Waals surface area contributed by atoms with E-state index in [0.29, 0.717) is 24.9 Å². The Morgan fingerprint density at radius 2 is 1.89 bits per heavy atom. The van der Waals surface area contributed by atoms with Gasteiger partial charge in [0.15, 0.2) is 11.5 Å². The second kappa shape index (κ2) is 6.55. The molecular formula is C13H16N4O2. The quantitative estimate of drug-likeness (QED) is 0.608. The number of nitrogens with two attached hydrogens (primary N) is 1. The Hall–Kier alpha value is -2.34. The van der Waals surface area contributed by atoms with Crippen molar-refractivity contribution < 1.29 is 9.47 Å². The van der Waals surface area contributed by atoms with E-state index < -0.39 is 0 Å². The molecule has 0 amide bonds. The lowest BCUT2D eigenvalue weighted by atomic mass is 10.3. The van der Waals surface area contributed by atoms with Gasteiger partial charge in [-0.15, -0.1) is 0 Å². The minimum absolute atomic E-state index is 0.321. The standard InChI is InChI=1S/C13H16N4O2/c1-2-18-11-5-3-4-6-12(11)19-9-10-7-8-15-13(16-10)17-14/h3-8H,2,9,14H2,1H3,(H,15,16,17). The summed E-state index contributed by atoms with van der Waals surface area (Å²) in [6.45, 7) is 2.84. The van der Waals surface area contributed by atoms with Gasteiger partial charge in [-0.2, -0.15) is 0 Å². The molecule has 3 N–H and O–H groups in total. The van der Waals surface area contributed by atoms with Crippen LogP contribution in [0.15, 0.2) is 36.5 Å². The Balaban J connectivity index is 2.05. The minimum atomic E-state index is 0.321. The van der Waals surface area contributed by atoms with Crippen LogP contribution >= 0.6 is 0 Å². The highest BCUT2D eigenvalue weighted by molar-refractivity contribution is 5.39. The zero-order chi connectivity index (χ0) is 13.5. The summed E-state index contributed by atoms with van der Waals surface area (Å²) in [5, 5.41) is 0. The average molecular weight is 260 g/mol. The lowest BCUT2D eigenvalue weighted by Crippen LogP contribution is -2.11. The number of rotatable bonds is 6. The lowest BCUT2D eigenvalue weighted by molar-refractivity contribution is 0.266. The van der Waals surface area contributed by atoms with Gasteiger partial charge in [0.05, 0.1) is 12.3 Å². The predicted octanol–water partition coefficient (Wildman–Crippen LogP) is 1.74. The number of benzene rings is 1. The van der Waals surface area contributed by atoms with E-state index in [4.69, 9.17) is 15.3 Å². The molecule has 2 aromatic rings. The monoisotopic (exact) mass is 260 g/mol. The molecule has 0 unspecified atom stereocenters. The molecule has 0 aliphatic rings. The van der Waals surface area contributed by atoms with Gasteiger partial charge in [-0.3, -0.25) is 5.43 Å². The van der Waals surface area contributed by atoms with Gasteiger partial charge in [0, 0.05) is 6.20 Å². The molecule has 0 fully saturated rings. The molecule has 100 valence electrons. The molecule has 0 saturated carbocycles. The molecule has 19 heavy (non-hydrogen) atoms. The third-order valence-corrected chi connectivity index (χ3v) is 2.37. The molecule has 1 heterocycles. The van der Waals surface area contributed by atoms with Crippen molar-refractivity contribution in [1.29, 1.82) is 0 Å². The predicted molar refractivity (Wildman–Crippen MR) is 71.8 cm³/mol. The van der Waals surface area contributed by atoms with Gasteiger partial charge in [-0.05, 0) is 25.1 Å². The number of ether oxygens (including phenoxy) is 2. The summed E-state index contributed by atoms with van der Waals surface area (Å²) in [5.41, 5.74) is 3.13. The fraction of sp³-hybridized carbons (Fsp3) is 0.231. The summed E-state index contributed by atoms with van der Waals surface area (Å²) in [7, 11) is 0. The van der Waals surface area contributed by atoms with E-state index >= 15 is 0 Å². The Morgan fingerprint density at radius 3 is 2.58 bits per heavy atom. The summed E-state index contributed by atoms with van der Waals surface area (Å²) < 4.78 is 11.2. The van der Waals surface area contributed by atoms with Crippen LogP contribution in [0, 0.1) is 0 Å². The molecule has 1 aromatic heterocycles. The first-order valence-electron chi connectivity index (χ1n) is 5.96. The van der Waals surface area contributed by atoms with E-state index in [2.05, 4.69) is 15.4 Å². The van der Waals surface area contributed by atoms with Crippen LogP contribution in [0.2, 0.25) is 0 Å². The number of hydrogen-bond donors (Lipinski definition) is 2. The van der Waals surface area contributed by atoms with E-state index in [1.165, 1.54) is 0 Å². The summed E-state index contributed by atoms with van der Waals surface area (Å²) in [5.74, 6) is 7.02. The zero-order valence-corrected chi connectivity index (χ0v) is 10.7. The maximum Gasteiger partial charge on any atom is 0.237 e. The van der Waals surface area contributed by atoms with E-state index in [0.717, 1.165) is 11.4 Å². The maximum atomic E-state index is 5.69. The van der Waals surface area contributed by atoms with Gasteiger partial charge in [0.2, 0.25) is 5.95 Å². The van der Waals surface area contributed by atoms with Crippen LogP contribution in [0.5, 0.6) is 11.5 Å². The van der Waals surface area contributed by atoms with Gasteiger partial charge in [0.1, 0.15) is 6.61 Å². The van der Waals surface area contributed by atoms with Crippen LogP contribution in [0.3, 0.4) is 0 Å². The molecule has 2 rings (SSSR count). The minimum Gasteiger partial charge on any atom is -0.490 e. The van der Waals surface area contributed by atoms with Crippen molar-refractivity contribution in [2.45, 2.75) is 13.5 Å². The van der Waals surface area contributed by atoms with Gasteiger partial charge < -0.3 is 9.47 Å². The van der Waals surface area contributed by atoms with Crippen molar-refractivity contribution in [3.05, 3.63) is 42.2 Å². The summed E-state index contributed by atoms with van der Waals surface area (Å²) >= 11 is 0. The highest BCUT2D eigenvalue weighted by atomic mass is 16.5. The normalized spacial score (nSPS) is 10.0. The van der Waals surface area contributed by atoms with E-state index in [-0.39, 0.29) is 0 Å². The molecular weight excluding hydrogens is 244 g/mol. The molecule has 0 atom stereocenters. The van der Waals surface area contributed by atoms with Gasteiger partial charge >= 0.3 is 0 Å². The number of hydrazine groups is 1. The van der Waals surface area contributed by atoms with E-state index in [1.807, 2.05) is 31.2 Å². The van der Waals surface area contributed by atoms with Crippen molar-refractivity contribution in [3.63, 3.8) is 0 Å². The van der Waals surface area contributed by atoms with Gasteiger partial charge in [-0.1, -0.05) is 12.1 Å². The first kappa shape index (κ1) is 13.1. The molecule has 1 aromatic carbocycles. The Labute approximate surface area is 111 Å². The molecule has 0 bridgehead atoms. The number of nitrogens with zero attached hydrogens (tertiary/aromatic N) is 2. The highest BCUT2D eigenvalue weighted by Gasteiger charge is 2.05. The lowest BCUT2D eigenvalue weighted by Gasteiger charge is -2.11. The third-order valence-electron chi connectivity index (χ3n) is 2.37. The topological polar surface area (TPSA) is 82.3 Å². The van der Waals surface area contributed by atoms with Gasteiger partial charge in [-0.25, -0.2) is 15.8 Å². The fourth-order valence-electron chi connectivity index (χ4n) is 1.54. The largest absolute Gasteiger partial charge is 0.490 e. The molecule has 0 aliphatic carbocycles. The molecule has 0 saturated heterocycles. The number of para-hydroxylation sites is 2. The van der Waals surface area contributed by atoms with Crippen molar-refractivity contribution in [1.82, 2.24) is 9.97 Å². The van der Waals surface area contributed by atoms with Crippen molar-refractivity contribution >= 4 is 5.95 Å². The van der Waals surface area contributed by atoms with Crippen molar-refractivity contribution in [2.75, 3.05) is 12.0 Å². The number of nitrogen functional groups attached to an aromatic ring is 1. The molecule has 6 nitrogen and oxygen atoms in total. The smallest absolute Gasteiger partial charge is 0.237 e. The SMILES string of the molecule is CCOc1ccccc1OCc1ccnc(NN)n1. The van der Waals surface area contributed by atoms with Gasteiger partial charge in [0.25, 0.3) is 0 Å². The van der Waals surface area contributed by atoms with Crippen LogP contribution in [0.4, 0.5) is 5.95 Å². The van der Waals surface area contributed by atoms with Crippen LogP contribution < -0.4 is 20.7 Å². The fourth-order valence-corrected chi connectivity index (χ4v) is 1.54. The number of hydrogen-bond acceptors (Lipinski definition) is 6. The second-order valence-corrected chi connectivity index (χ2v) is 3.68. The van der Waals surface area contributed by atoms with Crippen molar-refractivity contribution in [2.24, 2.45) is 5.84 Å². The average Bonchev–Trinajstić information content (AvgIpc) is 2.47. The van der Waals surface area contributed by atoms with Crippen LogP contribution in [-0.2, 0) is 6.61 Å². The molecule has 0 spiro atoms. The van der Waals surface area contributed by atoms with Crippen LogP contribution in [-0.4, -0.2) is 16.6 Å². The Kier molecular flexibility index (Phi) is 4.52. The summed E-state index contributed by atoms with van der Waals surface area (Å²) in [6, 6.07) is 9.29. The maximum absolute atomic E-state index is 5.69. The van der Waals surface area contributed by atoms with E-state index in [9.17, 15) is 0 Å². The molecule has 0 aliphatic heterocycles. The number of nitrogens with one attached hydrogen (secondary N) is 1. The highest BCUT2D eigenvalue weighted by Crippen LogP contribution is 2.26. The Bertz CT molecular complexity index is 534. The zero-order valence-electron chi connectivity index (χ0n) is 10.7. The van der Waals surface area contributed by atoms with E-state index in [1.54, 1.807) is 12.3 Å². The Morgan fingerprint density at radius 1 is 1.16 bits per heavy atom. The number of anilines is 1. The second-order valence-electron chi connectivity index (χ2n) is 3.68. The van der Waals surface area contributed by atoms with Crippen molar-refractivity contribution in [3.8, 4) is 11.5 Å². The van der Waals surface area contributed by atoms with Crippen LogP contribution in [0.1, 0.15) is 12.6 Å². The van der Waals surface area contributed by atoms with Crippen LogP contribution in [0.25, 0.3) is 0 Å².